The fraction of sp³-hybridized carbons (Fsp3) is 0. The van der Waals surface area contributed by atoms with Crippen LogP contribution in [0.15, 0.2) is 291 Å². The molecule has 70 heavy (non-hydrogen) atoms. The highest BCUT2D eigenvalue weighted by molar-refractivity contribution is 6.03. The van der Waals surface area contributed by atoms with Crippen molar-refractivity contribution < 1.29 is 0 Å². The molecule has 0 N–H and O–H groups in total. The van der Waals surface area contributed by atoms with Gasteiger partial charge in [-0.15, -0.1) is 0 Å². The van der Waals surface area contributed by atoms with Gasteiger partial charge in [0.2, 0.25) is 0 Å². The second-order valence-corrected chi connectivity index (χ2v) is 17.7. The van der Waals surface area contributed by atoms with E-state index in [4.69, 9.17) is 0 Å². The molecule has 12 aromatic rings. The first-order valence-electron chi connectivity index (χ1n) is 24.0. The molecule has 12 rings (SSSR count). The van der Waals surface area contributed by atoms with E-state index in [1.807, 2.05) is 0 Å². The molecule has 0 aliphatic heterocycles. The summed E-state index contributed by atoms with van der Waals surface area (Å²) in [5, 5.41) is 4.78. The molecule has 2 nitrogen and oxygen atoms in total. The minimum Gasteiger partial charge on any atom is -0.309 e. The van der Waals surface area contributed by atoms with Crippen LogP contribution in [0.1, 0.15) is 0 Å². The van der Waals surface area contributed by atoms with Crippen molar-refractivity contribution in [2.24, 2.45) is 0 Å². The van der Waals surface area contributed by atoms with E-state index in [2.05, 4.69) is 301 Å². The maximum absolute atomic E-state index is 2.43. The Morgan fingerprint density at radius 3 is 0.871 bits per heavy atom. The van der Waals surface area contributed by atoms with Crippen LogP contribution in [-0.4, -0.2) is 0 Å². The van der Waals surface area contributed by atoms with E-state index in [9.17, 15) is 0 Å². The number of benzene rings is 12. The summed E-state index contributed by atoms with van der Waals surface area (Å²) in [6, 6.07) is 105. The first-order valence-corrected chi connectivity index (χ1v) is 24.0. The van der Waals surface area contributed by atoms with Gasteiger partial charge in [-0.1, -0.05) is 231 Å². The molecule has 0 bridgehead atoms. The Balaban J connectivity index is 0.968. The zero-order valence-electron chi connectivity index (χ0n) is 38.6. The zero-order valence-corrected chi connectivity index (χ0v) is 38.6. The first kappa shape index (κ1) is 42.1. The van der Waals surface area contributed by atoms with Gasteiger partial charge in [-0.2, -0.15) is 0 Å². The molecule has 0 aliphatic carbocycles. The lowest BCUT2D eigenvalue weighted by molar-refractivity contribution is 1.29. The van der Waals surface area contributed by atoms with Crippen LogP contribution in [0.4, 0.5) is 34.1 Å². The summed E-state index contributed by atoms with van der Waals surface area (Å²) in [7, 11) is 0. The van der Waals surface area contributed by atoms with Crippen LogP contribution in [0.2, 0.25) is 0 Å². The third kappa shape index (κ3) is 8.19. The average molecular weight is 893 g/mol. The van der Waals surface area contributed by atoms with Crippen LogP contribution in [0.3, 0.4) is 0 Å². The third-order valence-corrected chi connectivity index (χ3v) is 13.5. The number of rotatable bonds is 11. The van der Waals surface area contributed by atoms with Crippen LogP contribution >= 0.6 is 0 Å². The summed E-state index contributed by atoms with van der Waals surface area (Å²) in [6.07, 6.45) is 0. The van der Waals surface area contributed by atoms with Crippen molar-refractivity contribution in [3.63, 3.8) is 0 Å². The quantitative estimate of drug-likeness (QED) is 0.128. The second kappa shape index (κ2) is 18.8. The minimum atomic E-state index is 1.08. The van der Waals surface area contributed by atoms with Crippen LogP contribution < -0.4 is 9.80 Å². The van der Waals surface area contributed by atoms with Gasteiger partial charge in [-0.05, 0) is 116 Å². The van der Waals surface area contributed by atoms with Crippen LogP contribution in [-0.2, 0) is 0 Å². The molecule has 0 aliphatic rings. The Labute approximate surface area is 410 Å². The Morgan fingerprint density at radius 2 is 0.486 bits per heavy atom. The molecule has 330 valence electrons. The Kier molecular flexibility index (Phi) is 11.3. The van der Waals surface area contributed by atoms with Gasteiger partial charge in [-0.3, -0.25) is 0 Å². The van der Waals surface area contributed by atoms with Crippen molar-refractivity contribution in [1.29, 1.82) is 0 Å². The lowest BCUT2D eigenvalue weighted by Gasteiger charge is -2.30. The summed E-state index contributed by atoms with van der Waals surface area (Å²) < 4.78 is 0. The molecule has 0 saturated heterocycles. The van der Waals surface area contributed by atoms with Gasteiger partial charge >= 0.3 is 0 Å². The van der Waals surface area contributed by atoms with Gasteiger partial charge < -0.3 is 9.80 Å². The fourth-order valence-electron chi connectivity index (χ4n) is 10.0. The summed E-state index contributed by atoms with van der Waals surface area (Å²) in [4.78, 5) is 4.86. The van der Waals surface area contributed by atoms with Crippen LogP contribution in [0.5, 0.6) is 0 Å². The summed E-state index contributed by atoms with van der Waals surface area (Å²) >= 11 is 0. The molecule has 0 saturated carbocycles. The Bertz CT molecular complexity index is 3480. The van der Waals surface area contributed by atoms with Crippen molar-refractivity contribution in [1.82, 2.24) is 0 Å². The molecule has 12 aromatic carbocycles. The monoisotopic (exact) mass is 892 g/mol. The second-order valence-electron chi connectivity index (χ2n) is 17.7. The predicted molar refractivity (Wildman–Crippen MR) is 298 cm³/mol. The Morgan fingerprint density at radius 1 is 0.186 bits per heavy atom. The first-order chi connectivity index (χ1) is 34.7. The van der Waals surface area contributed by atoms with E-state index in [1.165, 1.54) is 43.8 Å². The van der Waals surface area contributed by atoms with Gasteiger partial charge in [0.1, 0.15) is 0 Å². The molecule has 0 radical (unpaired) electrons. The average Bonchev–Trinajstić information content (AvgIpc) is 3.45. The van der Waals surface area contributed by atoms with Crippen LogP contribution in [0.25, 0.3) is 77.2 Å². The molecular weight excluding hydrogens is 845 g/mol. The van der Waals surface area contributed by atoms with E-state index in [1.54, 1.807) is 0 Å². The largest absolute Gasteiger partial charge is 0.309 e. The normalized spacial score (nSPS) is 11.1. The molecule has 0 atom stereocenters. The van der Waals surface area contributed by atoms with Gasteiger partial charge in [0.15, 0.2) is 0 Å². The highest BCUT2D eigenvalue weighted by atomic mass is 15.2. The minimum absolute atomic E-state index is 1.08. The lowest BCUT2D eigenvalue weighted by atomic mass is 9.95. The van der Waals surface area contributed by atoms with Gasteiger partial charge in [0, 0.05) is 33.3 Å². The zero-order chi connectivity index (χ0) is 46.6. The fourth-order valence-corrected chi connectivity index (χ4v) is 10.0. The van der Waals surface area contributed by atoms with Crippen molar-refractivity contribution >= 4 is 55.7 Å². The smallest absolute Gasteiger partial charge is 0.0540 e. The number of nitrogens with zero attached hydrogens (tertiary/aromatic N) is 2. The van der Waals surface area contributed by atoms with Crippen molar-refractivity contribution in [2.75, 3.05) is 9.80 Å². The van der Waals surface area contributed by atoms with Crippen LogP contribution in [0, 0.1) is 0 Å². The molecular formula is C68H48N2. The Hall–Kier alpha value is -9.24. The predicted octanol–water partition coefficient (Wildman–Crippen LogP) is 19.3. The van der Waals surface area contributed by atoms with Gasteiger partial charge in [0.25, 0.3) is 0 Å². The SMILES string of the molecule is c1ccc(-c2ccc(N(c3ccc(-c4ccc(N(c5ccc(-c6ccccc6)cc5-c5ccccc5)c5cccc6ccccc56)cc4)cc3)c3cccc4ccccc34)c(-c3ccccc3)c2)cc1. The van der Waals surface area contributed by atoms with Crippen molar-refractivity contribution in [2.45, 2.75) is 0 Å². The molecule has 0 fully saturated rings. The number of fused-ring (bicyclic) bond motifs is 2. The van der Waals surface area contributed by atoms with Gasteiger partial charge in [-0.25, -0.2) is 0 Å². The van der Waals surface area contributed by atoms with E-state index in [-0.39, 0.29) is 0 Å². The van der Waals surface area contributed by atoms with Crippen molar-refractivity contribution in [3.8, 4) is 55.6 Å². The topological polar surface area (TPSA) is 6.48 Å². The van der Waals surface area contributed by atoms with Gasteiger partial charge in [0.05, 0.1) is 22.7 Å². The molecule has 2 heteroatoms. The standard InChI is InChI=1S/C68H48N2/c1-5-19-49(20-6-1)57-39-45-67(63(47-57)55-23-9-3-10-24-55)69(65-33-17-29-53-27-13-15-31-61(53)65)59-41-35-51(36-42-59)52-37-43-60(44-38-52)70(66-34-18-30-54-28-14-16-32-62(54)66)68-46-40-58(50-21-7-2-8-22-50)48-64(68)56-25-11-4-12-26-56/h1-48H. The summed E-state index contributed by atoms with van der Waals surface area (Å²) in [5.41, 5.74) is 18.3. The molecule has 0 aromatic heterocycles. The summed E-state index contributed by atoms with van der Waals surface area (Å²) in [5.74, 6) is 0. The number of hydrogen-bond acceptors (Lipinski definition) is 2. The van der Waals surface area contributed by atoms with E-state index < -0.39 is 0 Å². The molecule has 0 heterocycles. The lowest BCUT2D eigenvalue weighted by Crippen LogP contribution is -2.12. The van der Waals surface area contributed by atoms with Crippen molar-refractivity contribution in [3.05, 3.63) is 291 Å². The highest BCUT2D eigenvalue weighted by Gasteiger charge is 2.22. The highest BCUT2D eigenvalue weighted by Crippen LogP contribution is 2.47. The molecule has 0 spiro atoms. The molecule has 0 amide bonds. The maximum Gasteiger partial charge on any atom is 0.0540 e. The van der Waals surface area contributed by atoms with E-state index in [0.717, 1.165) is 67.5 Å². The third-order valence-electron chi connectivity index (χ3n) is 13.5. The van der Waals surface area contributed by atoms with E-state index >= 15 is 0 Å². The number of hydrogen-bond donors (Lipinski definition) is 0. The summed E-state index contributed by atoms with van der Waals surface area (Å²) in [6.45, 7) is 0. The molecule has 0 unspecified atom stereocenters. The number of anilines is 6. The van der Waals surface area contributed by atoms with E-state index in [0.29, 0.717) is 0 Å². The maximum atomic E-state index is 2.43.